The smallest absolute Gasteiger partial charge is 0.255 e. The molecule has 2 saturated heterocycles. The molecule has 2 aliphatic heterocycles. The van der Waals surface area contributed by atoms with Gasteiger partial charge in [-0.05, 0) is 45.6 Å². The van der Waals surface area contributed by atoms with Crippen molar-refractivity contribution in [2.24, 2.45) is 12.0 Å². The van der Waals surface area contributed by atoms with E-state index < -0.39 is 17.7 Å². The van der Waals surface area contributed by atoms with Crippen LogP contribution in [0.3, 0.4) is 0 Å². The van der Waals surface area contributed by atoms with Crippen LogP contribution < -0.4 is 10.8 Å². The fourth-order valence-corrected chi connectivity index (χ4v) is 4.99. The number of aldehydes is 1. The second-order valence-electron chi connectivity index (χ2n) is 10.2. The summed E-state index contributed by atoms with van der Waals surface area (Å²) in [5, 5.41) is 3.14. The molecule has 0 bridgehead atoms. The second kappa shape index (κ2) is 12.5. The molecule has 0 saturated carbocycles. The number of pyridine rings is 1. The Hall–Kier alpha value is -3.57. The average molecular weight is 543 g/mol. The molecular weight excluding hydrogens is 506 g/mol. The highest BCUT2D eigenvalue weighted by Gasteiger charge is 2.29. The van der Waals surface area contributed by atoms with Crippen LogP contribution >= 0.6 is 0 Å². The van der Waals surface area contributed by atoms with Crippen LogP contribution in [0.5, 0.6) is 0 Å². The van der Waals surface area contributed by atoms with Crippen molar-refractivity contribution < 1.29 is 23.1 Å². The van der Waals surface area contributed by atoms with Crippen molar-refractivity contribution in [1.82, 2.24) is 19.3 Å². The van der Waals surface area contributed by atoms with Crippen molar-refractivity contribution in [1.29, 1.82) is 0 Å². The molecule has 2 atom stereocenters. The molecule has 2 aliphatic rings. The summed E-state index contributed by atoms with van der Waals surface area (Å²) in [7, 11) is 5.81. The van der Waals surface area contributed by atoms with E-state index in [0.29, 0.717) is 74.2 Å². The number of aryl methyl sites for hydroxylation is 1. The van der Waals surface area contributed by atoms with E-state index >= 15 is 0 Å². The minimum atomic E-state index is -0.697. The molecule has 2 unspecified atom stereocenters. The highest BCUT2D eigenvalue weighted by atomic mass is 19.1. The minimum Gasteiger partial charge on any atom is -0.378 e. The van der Waals surface area contributed by atoms with Crippen molar-refractivity contribution in [2.45, 2.75) is 25.4 Å². The van der Waals surface area contributed by atoms with E-state index in [1.54, 1.807) is 23.9 Å². The molecule has 0 aliphatic carbocycles. The Morgan fingerprint density at radius 1 is 1.13 bits per heavy atom. The van der Waals surface area contributed by atoms with Crippen molar-refractivity contribution in [3.63, 3.8) is 0 Å². The van der Waals surface area contributed by atoms with Gasteiger partial charge in [0.05, 0.1) is 24.8 Å². The lowest BCUT2D eigenvalue weighted by Crippen LogP contribution is -2.37. The Morgan fingerprint density at radius 3 is 2.44 bits per heavy atom. The number of anilines is 1. The summed E-state index contributed by atoms with van der Waals surface area (Å²) in [5.41, 5.74) is 1.89. The summed E-state index contributed by atoms with van der Waals surface area (Å²) in [5.74, 6) is -1.01. The van der Waals surface area contributed by atoms with Crippen LogP contribution in [0, 0.1) is 11.6 Å². The number of halogens is 2. The Balaban J connectivity index is 1.77. The maximum atomic E-state index is 13.9. The number of carbonyl (C=O) groups is 2. The lowest BCUT2D eigenvalue weighted by atomic mass is 10.1. The highest BCUT2D eigenvalue weighted by molar-refractivity contribution is 5.94. The topological polar surface area (TPSA) is 82.4 Å². The van der Waals surface area contributed by atoms with Gasteiger partial charge in [0.1, 0.15) is 29.2 Å². The molecule has 1 amide bonds. The van der Waals surface area contributed by atoms with Crippen LogP contribution in [0.25, 0.3) is 0 Å². The SMILES string of the molecule is CC(Nc1cc(F)cc(F)c1)c1cc(C(=O)N2CCC(N(C)C)C2)cn(C)c1=N/C(=C\C=O)N1CCOCC1. The largest absolute Gasteiger partial charge is 0.378 e. The molecule has 1 aromatic heterocycles. The van der Waals surface area contributed by atoms with Gasteiger partial charge >= 0.3 is 0 Å². The number of likely N-dealkylation sites (N-methyl/N-ethyl adjacent to an activating group) is 1. The molecule has 0 radical (unpaired) electrons. The zero-order valence-electron chi connectivity index (χ0n) is 22.9. The molecule has 0 spiro atoms. The Morgan fingerprint density at radius 2 is 1.82 bits per heavy atom. The second-order valence-corrected chi connectivity index (χ2v) is 10.2. The molecule has 3 heterocycles. The van der Waals surface area contributed by atoms with Crippen LogP contribution in [0.4, 0.5) is 14.5 Å². The first-order valence-corrected chi connectivity index (χ1v) is 13.1. The van der Waals surface area contributed by atoms with Crippen molar-refractivity contribution in [3.8, 4) is 0 Å². The number of amides is 1. The van der Waals surface area contributed by atoms with Gasteiger partial charge in [-0.3, -0.25) is 9.59 Å². The number of aromatic nitrogens is 1. The van der Waals surface area contributed by atoms with E-state index in [9.17, 15) is 18.4 Å². The van der Waals surface area contributed by atoms with E-state index in [0.717, 1.165) is 12.5 Å². The monoisotopic (exact) mass is 542 g/mol. The third-order valence-corrected chi connectivity index (χ3v) is 7.15. The average Bonchev–Trinajstić information content (AvgIpc) is 3.39. The third-order valence-electron chi connectivity index (χ3n) is 7.15. The molecule has 1 N–H and O–H groups in total. The maximum Gasteiger partial charge on any atom is 0.255 e. The van der Waals surface area contributed by atoms with Crippen LogP contribution in [-0.2, 0) is 16.6 Å². The maximum absolute atomic E-state index is 13.9. The van der Waals surface area contributed by atoms with Crippen molar-refractivity contribution in [2.75, 3.05) is 58.8 Å². The van der Waals surface area contributed by atoms with Gasteiger partial charge in [-0.25, -0.2) is 13.8 Å². The standard InChI is InChI=1S/C28H36F2N6O3/c1-19(31-23-15-21(29)14-22(30)16-23)25-13-20(28(38)36-7-5-24(18-36)33(2)3)17-34(4)27(25)32-26(6-10-37)35-8-11-39-12-9-35/h6,10,13-17,19,24,31H,5,7-9,11-12,18H2,1-4H3/b26-6+,32-27?. The zero-order valence-corrected chi connectivity index (χ0v) is 22.9. The van der Waals surface area contributed by atoms with Gasteiger partial charge in [0.2, 0.25) is 0 Å². The van der Waals surface area contributed by atoms with E-state index in [4.69, 9.17) is 9.73 Å². The zero-order chi connectivity index (χ0) is 28.1. The van der Waals surface area contributed by atoms with Gasteiger partial charge in [0.25, 0.3) is 5.91 Å². The first kappa shape index (κ1) is 28.4. The number of ether oxygens (including phenoxy) is 1. The summed E-state index contributed by atoms with van der Waals surface area (Å²) >= 11 is 0. The van der Waals surface area contributed by atoms with E-state index in [2.05, 4.69) is 10.2 Å². The molecule has 210 valence electrons. The number of morpholine rings is 1. The third kappa shape index (κ3) is 6.90. The summed E-state index contributed by atoms with van der Waals surface area (Å²) < 4.78 is 35.0. The van der Waals surface area contributed by atoms with Crippen LogP contribution in [-0.4, -0.2) is 91.0 Å². The Bertz CT molecular complexity index is 1280. The number of rotatable bonds is 8. The van der Waals surface area contributed by atoms with Gasteiger partial charge < -0.3 is 29.3 Å². The number of allylic oxidation sites excluding steroid dienone is 1. The number of nitrogens with one attached hydrogen (secondary N) is 1. The number of likely N-dealkylation sites (tertiary alicyclic amines) is 1. The van der Waals surface area contributed by atoms with Crippen molar-refractivity contribution >= 4 is 17.9 Å². The summed E-state index contributed by atoms with van der Waals surface area (Å²) in [6.07, 6.45) is 4.73. The normalized spacial score (nSPS) is 19.5. The number of benzene rings is 1. The van der Waals surface area contributed by atoms with E-state index in [-0.39, 0.29) is 11.6 Å². The van der Waals surface area contributed by atoms with Crippen molar-refractivity contribution in [3.05, 3.63) is 70.6 Å². The van der Waals surface area contributed by atoms with E-state index in [1.807, 2.05) is 30.8 Å². The Kier molecular flexibility index (Phi) is 9.13. The highest BCUT2D eigenvalue weighted by Crippen LogP contribution is 2.22. The molecule has 2 fully saturated rings. The van der Waals surface area contributed by atoms with Gasteiger partial charge in [0.15, 0.2) is 0 Å². The van der Waals surface area contributed by atoms with Crippen LogP contribution in [0.15, 0.2) is 47.4 Å². The van der Waals surface area contributed by atoms with Gasteiger partial charge in [-0.15, -0.1) is 0 Å². The molecular formula is C28H36F2N6O3. The number of hydrogen-bond acceptors (Lipinski definition) is 7. The summed E-state index contributed by atoms with van der Waals surface area (Å²) in [6, 6.07) is 4.81. The number of nitrogens with zero attached hydrogens (tertiary/aromatic N) is 5. The van der Waals surface area contributed by atoms with E-state index in [1.165, 1.54) is 18.2 Å². The molecule has 4 rings (SSSR count). The lowest BCUT2D eigenvalue weighted by molar-refractivity contribution is -0.104. The number of carbonyl (C=O) groups excluding carboxylic acids is 2. The first-order chi connectivity index (χ1) is 18.7. The first-order valence-electron chi connectivity index (χ1n) is 13.1. The fourth-order valence-electron chi connectivity index (χ4n) is 4.99. The van der Waals surface area contributed by atoms with Crippen LogP contribution in [0.1, 0.15) is 35.3 Å². The molecule has 39 heavy (non-hydrogen) atoms. The molecule has 11 heteroatoms. The van der Waals surface area contributed by atoms with Gasteiger partial charge in [0, 0.05) is 68.9 Å². The Labute approximate surface area is 227 Å². The fraction of sp³-hybridized carbons (Fsp3) is 0.464. The predicted octanol–water partition coefficient (Wildman–Crippen LogP) is 2.53. The lowest BCUT2D eigenvalue weighted by Gasteiger charge is -2.29. The summed E-state index contributed by atoms with van der Waals surface area (Å²) in [4.78, 5) is 35.8. The predicted molar refractivity (Wildman–Crippen MR) is 144 cm³/mol. The number of hydrogen-bond donors (Lipinski definition) is 1. The molecule has 9 nitrogen and oxygen atoms in total. The minimum absolute atomic E-state index is 0.0939. The summed E-state index contributed by atoms with van der Waals surface area (Å²) in [6.45, 7) is 5.33. The van der Waals surface area contributed by atoms with Gasteiger partial charge in [-0.1, -0.05) is 0 Å². The van der Waals surface area contributed by atoms with Crippen LogP contribution in [0.2, 0.25) is 0 Å². The quantitative estimate of drug-likeness (QED) is 0.408. The van der Waals surface area contributed by atoms with Gasteiger partial charge in [-0.2, -0.15) is 0 Å². The molecule has 1 aromatic carbocycles. The molecule has 2 aromatic rings.